The molecule has 3 rings (SSSR count). The zero-order chi connectivity index (χ0) is 18.2. The molecule has 3 aromatic rings. The third-order valence-electron chi connectivity index (χ3n) is 3.91. The van der Waals surface area contributed by atoms with Crippen molar-refractivity contribution in [2.75, 3.05) is 6.61 Å². The van der Waals surface area contributed by atoms with Gasteiger partial charge in [0.2, 0.25) is 9.84 Å². The first kappa shape index (κ1) is 17.5. The Hall–Kier alpha value is -2.31. The van der Waals surface area contributed by atoms with E-state index in [2.05, 4.69) is 0 Å². The molecule has 0 aliphatic rings. The molecule has 1 aromatic heterocycles. The number of nitrogens with zero attached hydrogens (tertiary/aromatic N) is 1. The highest BCUT2D eigenvalue weighted by Crippen LogP contribution is 2.35. The fourth-order valence-corrected chi connectivity index (χ4v) is 4.65. The third-order valence-corrected chi connectivity index (χ3v) is 5.98. The van der Waals surface area contributed by atoms with Crippen molar-refractivity contribution in [3.05, 3.63) is 59.2 Å². The quantitative estimate of drug-likeness (QED) is 0.648. The summed E-state index contributed by atoms with van der Waals surface area (Å²) in [6, 6.07) is 12.9. The van der Waals surface area contributed by atoms with E-state index in [-0.39, 0.29) is 22.1 Å². The first-order valence-corrected chi connectivity index (χ1v) is 9.49. The Morgan fingerprint density at radius 1 is 1.16 bits per heavy atom. The predicted octanol–water partition coefficient (Wildman–Crippen LogP) is 3.84. The second-order valence-electron chi connectivity index (χ2n) is 5.44. The molecule has 0 amide bonds. The zero-order valence-electron chi connectivity index (χ0n) is 13.7. The minimum absolute atomic E-state index is 0.0111. The van der Waals surface area contributed by atoms with Crippen LogP contribution in [0.3, 0.4) is 0 Å². The van der Waals surface area contributed by atoms with Gasteiger partial charge in [0.25, 0.3) is 0 Å². The lowest BCUT2D eigenvalue weighted by Crippen LogP contribution is -2.15. The van der Waals surface area contributed by atoms with E-state index in [0.29, 0.717) is 15.9 Å². The molecule has 0 saturated carbocycles. The van der Waals surface area contributed by atoms with Gasteiger partial charge in [0.1, 0.15) is 10.6 Å². The molecule has 5 nitrogen and oxygen atoms in total. The van der Waals surface area contributed by atoms with Gasteiger partial charge in [0, 0.05) is 23.0 Å². The van der Waals surface area contributed by atoms with Crippen LogP contribution in [0.5, 0.6) is 0 Å². The highest BCUT2D eigenvalue weighted by Gasteiger charge is 2.32. The second-order valence-corrected chi connectivity index (χ2v) is 7.76. The first-order valence-electron chi connectivity index (χ1n) is 7.63. The lowest BCUT2D eigenvalue weighted by Gasteiger charge is -2.08. The van der Waals surface area contributed by atoms with E-state index in [1.54, 1.807) is 50.4 Å². The smallest absolute Gasteiger partial charge is 0.356 e. The van der Waals surface area contributed by atoms with E-state index < -0.39 is 15.8 Å². The SMILES string of the molecule is CCOC(=O)c1c(S(=O)(=O)c2ccccc2)c2cc(Cl)ccc2n1C. The molecule has 2 aromatic carbocycles. The maximum Gasteiger partial charge on any atom is 0.356 e. The molecular formula is C18H16ClNO4S. The van der Waals surface area contributed by atoms with Crippen LogP contribution < -0.4 is 0 Å². The van der Waals surface area contributed by atoms with Crippen LogP contribution in [0.2, 0.25) is 5.02 Å². The van der Waals surface area contributed by atoms with Gasteiger partial charge in [0.05, 0.1) is 11.5 Å². The van der Waals surface area contributed by atoms with Gasteiger partial charge in [-0.15, -0.1) is 0 Å². The number of ether oxygens (including phenoxy) is 1. The Morgan fingerprint density at radius 2 is 1.84 bits per heavy atom. The average molecular weight is 378 g/mol. The second kappa shape index (κ2) is 6.54. The normalized spacial score (nSPS) is 11.6. The van der Waals surface area contributed by atoms with Crippen LogP contribution in [0.1, 0.15) is 17.4 Å². The van der Waals surface area contributed by atoms with Crippen LogP contribution in [0, 0.1) is 0 Å². The molecule has 0 atom stereocenters. The van der Waals surface area contributed by atoms with Gasteiger partial charge in [-0.05, 0) is 37.3 Å². The highest BCUT2D eigenvalue weighted by molar-refractivity contribution is 7.91. The lowest BCUT2D eigenvalue weighted by atomic mass is 10.2. The summed E-state index contributed by atoms with van der Waals surface area (Å²) in [6.07, 6.45) is 0. The Labute approximate surface area is 150 Å². The summed E-state index contributed by atoms with van der Waals surface area (Å²) < 4.78 is 33.1. The maximum absolute atomic E-state index is 13.2. The van der Waals surface area contributed by atoms with E-state index in [1.165, 1.54) is 16.7 Å². The first-order chi connectivity index (χ1) is 11.9. The standard InChI is InChI=1S/C18H16ClNO4S/c1-3-24-18(21)16-17(25(22,23)13-7-5-4-6-8-13)14-11-12(19)9-10-15(14)20(16)2/h4-11H,3H2,1-2H3. The van der Waals surface area contributed by atoms with Crippen LogP contribution in [0.15, 0.2) is 58.3 Å². The van der Waals surface area contributed by atoms with Crippen LogP contribution in [0.25, 0.3) is 10.9 Å². The minimum atomic E-state index is -3.94. The molecule has 0 fully saturated rings. The van der Waals surface area contributed by atoms with Crippen molar-refractivity contribution in [1.29, 1.82) is 0 Å². The number of fused-ring (bicyclic) bond motifs is 1. The van der Waals surface area contributed by atoms with Gasteiger partial charge in [-0.1, -0.05) is 29.8 Å². The highest BCUT2D eigenvalue weighted by atomic mass is 35.5. The molecule has 0 spiro atoms. The van der Waals surface area contributed by atoms with Crippen molar-refractivity contribution >= 4 is 38.3 Å². The Balaban J connectivity index is 2.42. The van der Waals surface area contributed by atoms with Crippen molar-refractivity contribution < 1.29 is 17.9 Å². The number of hydrogen-bond acceptors (Lipinski definition) is 4. The van der Waals surface area contributed by atoms with Gasteiger partial charge in [-0.2, -0.15) is 0 Å². The molecule has 0 radical (unpaired) electrons. The monoisotopic (exact) mass is 377 g/mol. The number of carbonyl (C=O) groups excluding carboxylic acids is 1. The summed E-state index contributed by atoms with van der Waals surface area (Å²) in [5.41, 5.74) is 0.574. The summed E-state index contributed by atoms with van der Waals surface area (Å²) in [4.78, 5) is 12.5. The molecule has 0 aliphatic heterocycles. The van der Waals surface area contributed by atoms with Crippen molar-refractivity contribution in [1.82, 2.24) is 4.57 Å². The molecule has 0 saturated heterocycles. The van der Waals surface area contributed by atoms with Gasteiger partial charge < -0.3 is 9.30 Å². The van der Waals surface area contributed by atoms with Crippen LogP contribution in [0.4, 0.5) is 0 Å². The van der Waals surface area contributed by atoms with Gasteiger partial charge in [-0.25, -0.2) is 13.2 Å². The van der Waals surface area contributed by atoms with E-state index in [9.17, 15) is 13.2 Å². The number of benzene rings is 2. The Morgan fingerprint density at radius 3 is 2.48 bits per heavy atom. The summed E-state index contributed by atoms with van der Waals surface area (Å²) in [5, 5.41) is 0.778. The fraction of sp³-hybridized carbons (Fsp3) is 0.167. The molecule has 1 heterocycles. The molecular weight excluding hydrogens is 362 g/mol. The zero-order valence-corrected chi connectivity index (χ0v) is 15.3. The third kappa shape index (κ3) is 2.92. The van der Waals surface area contributed by atoms with E-state index in [4.69, 9.17) is 16.3 Å². The summed E-state index contributed by atoms with van der Waals surface area (Å²) in [6.45, 7) is 1.81. The molecule has 130 valence electrons. The summed E-state index contributed by atoms with van der Waals surface area (Å²) in [5.74, 6) is -0.688. The number of carbonyl (C=O) groups is 1. The van der Waals surface area contributed by atoms with Crippen LogP contribution >= 0.6 is 11.6 Å². The molecule has 0 aliphatic carbocycles. The minimum Gasteiger partial charge on any atom is -0.461 e. The van der Waals surface area contributed by atoms with Gasteiger partial charge >= 0.3 is 5.97 Å². The van der Waals surface area contributed by atoms with E-state index in [0.717, 1.165) is 0 Å². The number of sulfone groups is 1. The molecule has 25 heavy (non-hydrogen) atoms. The topological polar surface area (TPSA) is 65.4 Å². The summed E-state index contributed by atoms with van der Waals surface area (Å²) >= 11 is 6.07. The number of hydrogen-bond donors (Lipinski definition) is 0. The molecule has 0 N–H and O–H groups in total. The number of esters is 1. The summed E-state index contributed by atoms with van der Waals surface area (Å²) in [7, 11) is -2.30. The number of halogens is 1. The number of rotatable bonds is 4. The van der Waals surface area contributed by atoms with Crippen molar-refractivity contribution in [2.24, 2.45) is 7.05 Å². The maximum atomic E-state index is 13.2. The lowest BCUT2D eigenvalue weighted by molar-refractivity contribution is 0.0511. The van der Waals surface area contributed by atoms with Crippen LogP contribution in [-0.2, 0) is 21.6 Å². The van der Waals surface area contributed by atoms with Crippen molar-refractivity contribution in [2.45, 2.75) is 16.7 Å². The average Bonchev–Trinajstić information content (AvgIpc) is 2.88. The fourth-order valence-electron chi connectivity index (χ4n) is 2.80. The predicted molar refractivity (Wildman–Crippen MR) is 95.8 cm³/mol. The van der Waals surface area contributed by atoms with E-state index in [1.807, 2.05) is 0 Å². The molecule has 0 unspecified atom stereocenters. The van der Waals surface area contributed by atoms with Crippen molar-refractivity contribution in [3.63, 3.8) is 0 Å². The van der Waals surface area contributed by atoms with Gasteiger partial charge in [0.15, 0.2) is 0 Å². The number of aryl methyl sites for hydroxylation is 1. The molecule has 0 bridgehead atoms. The largest absolute Gasteiger partial charge is 0.461 e. The molecule has 7 heteroatoms. The Bertz CT molecular complexity index is 1060. The van der Waals surface area contributed by atoms with Crippen molar-refractivity contribution in [3.8, 4) is 0 Å². The number of aromatic nitrogens is 1. The van der Waals surface area contributed by atoms with Gasteiger partial charge in [-0.3, -0.25) is 0 Å². The Kier molecular flexibility index (Phi) is 4.58. The van der Waals surface area contributed by atoms with Crippen LogP contribution in [-0.4, -0.2) is 25.6 Å². The van der Waals surface area contributed by atoms with E-state index >= 15 is 0 Å².